The minimum absolute atomic E-state index is 0. The normalized spacial score (nSPS) is 20.2. The number of hydrogen-bond acceptors (Lipinski definition) is 3. The van der Waals surface area contributed by atoms with Crippen molar-refractivity contribution in [2.75, 3.05) is 25.4 Å². The Morgan fingerprint density at radius 1 is 1.50 bits per heavy atom. The van der Waals surface area contributed by atoms with Crippen LogP contribution in [0.25, 0.3) is 0 Å². The monoisotopic (exact) mass is 266 g/mol. The van der Waals surface area contributed by atoms with Gasteiger partial charge in [0.25, 0.3) is 0 Å². The van der Waals surface area contributed by atoms with Crippen LogP contribution in [0.1, 0.15) is 27.7 Å². The van der Waals surface area contributed by atoms with Crippen molar-refractivity contribution in [1.29, 1.82) is 0 Å². The van der Waals surface area contributed by atoms with Gasteiger partial charge < -0.3 is 10.6 Å². The standard InChI is InChI=1S/C11H22N2OS.ClH/c1-10(2,7-12)9(14)13-5-6-15-11(3,4)8-13;/h5-8,12H2,1-4H3;1H. The Morgan fingerprint density at radius 2 is 2.06 bits per heavy atom. The highest BCUT2D eigenvalue weighted by atomic mass is 35.5. The fourth-order valence-corrected chi connectivity index (χ4v) is 2.82. The highest BCUT2D eigenvalue weighted by molar-refractivity contribution is 8.00. The van der Waals surface area contributed by atoms with Gasteiger partial charge in [-0.05, 0) is 27.7 Å². The molecule has 1 fully saturated rings. The SMILES string of the molecule is CC1(C)CN(C(=O)C(C)(C)CN)CCS1.Cl. The van der Waals surface area contributed by atoms with Gasteiger partial charge in [-0.3, -0.25) is 4.79 Å². The van der Waals surface area contributed by atoms with Gasteiger partial charge >= 0.3 is 0 Å². The fraction of sp³-hybridized carbons (Fsp3) is 0.909. The second-order valence-corrected chi connectivity index (χ2v) is 7.22. The zero-order chi connectivity index (χ0) is 11.7. The quantitative estimate of drug-likeness (QED) is 0.828. The summed E-state index contributed by atoms with van der Waals surface area (Å²) in [5.41, 5.74) is 5.21. The number of nitrogens with two attached hydrogens (primary N) is 1. The number of thioether (sulfide) groups is 1. The Labute approximate surface area is 109 Å². The van der Waals surface area contributed by atoms with Crippen LogP contribution in [-0.2, 0) is 4.79 Å². The van der Waals surface area contributed by atoms with E-state index in [0.29, 0.717) is 6.54 Å². The Kier molecular flexibility index (Phi) is 5.63. The van der Waals surface area contributed by atoms with E-state index in [1.807, 2.05) is 30.5 Å². The molecule has 0 bridgehead atoms. The molecule has 1 saturated heterocycles. The smallest absolute Gasteiger partial charge is 0.229 e. The van der Waals surface area contributed by atoms with Crippen molar-refractivity contribution < 1.29 is 4.79 Å². The van der Waals surface area contributed by atoms with Crippen molar-refractivity contribution in [2.45, 2.75) is 32.4 Å². The van der Waals surface area contributed by atoms with Crippen molar-refractivity contribution in [1.82, 2.24) is 4.90 Å². The van der Waals surface area contributed by atoms with Gasteiger partial charge in [-0.15, -0.1) is 12.4 Å². The first-order valence-corrected chi connectivity index (χ1v) is 6.40. The topological polar surface area (TPSA) is 46.3 Å². The lowest BCUT2D eigenvalue weighted by Crippen LogP contribution is -2.52. The first-order valence-electron chi connectivity index (χ1n) is 5.42. The van der Waals surface area contributed by atoms with Gasteiger partial charge in [-0.1, -0.05) is 0 Å². The summed E-state index contributed by atoms with van der Waals surface area (Å²) >= 11 is 1.93. The molecule has 2 N–H and O–H groups in total. The molecule has 0 radical (unpaired) electrons. The summed E-state index contributed by atoms with van der Waals surface area (Å²) in [5, 5.41) is 0. The first kappa shape index (κ1) is 16.1. The number of carbonyl (C=O) groups is 1. The van der Waals surface area contributed by atoms with Crippen molar-refractivity contribution in [3.8, 4) is 0 Å². The van der Waals surface area contributed by atoms with E-state index in [-0.39, 0.29) is 23.1 Å². The minimum Gasteiger partial charge on any atom is -0.340 e. The van der Waals surface area contributed by atoms with Crippen LogP contribution in [0.3, 0.4) is 0 Å². The Balaban J connectivity index is 0.00000225. The molecule has 1 heterocycles. The van der Waals surface area contributed by atoms with Crippen molar-refractivity contribution >= 4 is 30.1 Å². The molecule has 1 amide bonds. The van der Waals surface area contributed by atoms with Crippen LogP contribution in [0.15, 0.2) is 0 Å². The molecular weight excluding hydrogens is 244 g/mol. The number of nitrogens with zero attached hydrogens (tertiary/aromatic N) is 1. The van der Waals surface area contributed by atoms with E-state index in [1.54, 1.807) is 0 Å². The number of halogens is 1. The molecule has 1 rings (SSSR count). The molecule has 96 valence electrons. The van der Waals surface area contributed by atoms with Gasteiger partial charge in [0.2, 0.25) is 5.91 Å². The molecule has 0 aromatic carbocycles. The van der Waals surface area contributed by atoms with Crippen LogP contribution < -0.4 is 5.73 Å². The predicted molar refractivity (Wildman–Crippen MR) is 73.2 cm³/mol. The molecule has 0 atom stereocenters. The molecule has 3 nitrogen and oxygen atoms in total. The summed E-state index contributed by atoms with van der Waals surface area (Å²) in [5.74, 6) is 1.22. The second kappa shape index (κ2) is 5.61. The van der Waals surface area contributed by atoms with Crippen LogP contribution in [-0.4, -0.2) is 40.9 Å². The molecule has 5 heteroatoms. The summed E-state index contributed by atoms with van der Waals surface area (Å²) in [6.45, 7) is 10.3. The molecule has 0 aromatic rings. The molecule has 0 saturated carbocycles. The summed E-state index contributed by atoms with van der Waals surface area (Å²) < 4.78 is 0.179. The van der Waals surface area contributed by atoms with Crippen molar-refractivity contribution in [3.05, 3.63) is 0 Å². The Morgan fingerprint density at radius 3 is 2.50 bits per heavy atom. The number of rotatable bonds is 2. The Bertz CT molecular complexity index is 256. The third-order valence-corrected chi connectivity index (χ3v) is 4.10. The highest BCUT2D eigenvalue weighted by Gasteiger charge is 2.36. The minimum atomic E-state index is -0.419. The van der Waals surface area contributed by atoms with Crippen LogP contribution in [0.2, 0.25) is 0 Å². The highest BCUT2D eigenvalue weighted by Crippen LogP contribution is 2.31. The molecular formula is C11H23ClN2OS. The first-order chi connectivity index (χ1) is 6.78. The van der Waals surface area contributed by atoms with E-state index in [4.69, 9.17) is 5.73 Å². The van der Waals surface area contributed by atoms with Gasteiger partial charge in [0.05, 0.1) is 5.41 Å². The largest absolute Gasteiger partial charge is 0.340 e. The Hall–Kier alpha value is 0.0700. The predicted octanol–water partition coefficient (Wildman–Crippen LogP) is 1.75. The number of amides is 1. The summed E-state index contributed by atoms with van der Waals surface area (Å²) in [4.78, 5) is 14.1. The van der Waals surface area contributed by atoms with Gasteiger partial charge in [0.1, 0.15) is 0 Å². The number of carbonyl (C=O) groups excluding carboxylic acids is 1. The summed E-state index contributed by atoms with van der Waals surface area (Å²) in [6, 6.07) is 0. The summed E-state index contributed by atoms with van der Waals surface area (Å²) in [6.07, 6.45) is 0. The van der Waals surface area contributed by atoms with E-state index in [2.05, 4.69) is 13.8 Å². The lowest BCUT2D eigenvalue weighted by Gasteiger charge is -2.40. The van der Waals surface area contributed by atoms with Crippen molar-refractivity contribution in [2.24, 2.45) is 11.1 Å². The van der Waals surface area contributed by atoms with E-state index in [0.717, 1.165) is 18.8 Å². The summed E-state index contributed by atoms with van der Waals surface area (Å²) in [7, 11) is 0. The molecule has 1 aliphatic rings. The number of hydrogen-bond donors (Lipinski definition) is 1. The van der Waals surface area contributed by atoms with E-state index in [1.165, 1.54) is 0 Å². The van der Waals surface area contributed by atoms with E-state index in [9.17, 15) is 4.79 Å². The van der Waals surface area contributed by atoms with Crippen LogP contribution in [0, 0.1) is 5.41 Å². The zero-order valence-electron chi connectivity index (χ0n) is 10.6. The zero-order valence-corrected chi connectivity index (χ0v) is 12.2. The van der Waals surface area contributed by atoms with E-state index < -0.39 is 5.41 Å². The van der Waals surface area contributed by atoms with Crippen LogP contribution >= 0.6 is 24.2 Å². The van der Waals surface area contributed by atoms with Gasteiger partial charge in [-0.2, -0.15) is 11.8 Å². The third-order valence-electron chi connectivity index (χ3n) is 2.80. The second-order valence-electron chi connectivity index (χ2n) is 5.42. The van der Waals surface area contributed by atoms with Gasteiger partial charge in [0, 0.05) is 30.1 Å². The molecule has 0 spiro atoms. The van der Waals surface area contributed by atoms with E-state index >= 15 is 0 Å². The maximum Gasteiger partial charge on any atom is 0.229 e. The maximum atomic E-state index is 12.2. The maximum absolute atomic E-state index is 12.2. The lowest BCUT2D eigenvalue weighted by molar-refractivity contribution is -0.140. The lowest BCUT2D eigenvalue weighted by atomic mass is 9.91. The van der Waals surface area contributed by atoms with Gasteiger partial charge in [-0.25, -0.2) is 0 Å². The molecule has 0 aromatic heterocycles. The molecule has 0 unspecified atom stereocenters. The molecule has 0 aliphatic carbocycles. The van der Waals surface area contributed by atoms with Gasteiger partial charge in [0.15, 0.2) is 0 Å². The molecule has 16 heavy (non-hydrogen) atoms. The van der Waals surface area contributed by atoms with Crippen molar-refractivity contribution in [3.63, 3.8) is 0 Å². The average Bonchev–Trinajstić information content (AvgIpc) is 2.15. The third kappa shape index (κ3) is 3.82. The molecule has 1 aliphatic heterocycles. The van der Waals surface area contributed by atoms with Crippen LogP contribution in [0.4, 0.5) is 0 Å². The fourth-order valence-electron chi connectivity index (χ4n) is 1.71. The van der Waals surface area contributed by atoms with Crippen LogP contribution in [0.5, 0.6) is 0 Å². The average molecular weight is 267 g/mol.